The molecule has 0 radical (unpaired) electrons. The number of ether oxygens (including phenoxy) is 1. The number of thiazole rings is 1. The molecule has 0 unspecified atom stereocenters. The van der Waals surface area contributed by atoms with Crippen molar-refractivity contribution in [3.8, 4) is 43.5 Å². The molecule has 290 valence electrons. The smallest absolute Gasteiger partial charge is 0.407 e. The fraction of sp³-hybridized carbons (Fsp3) is 0.429. The van der Waals surface area contributed by atoms with E-state index in [2.05, 4.69) is 94.6 Å². The first-order valence-corrected chi connectivity index (χ1v) is 20.0. The maximum atomic E-state index is 13.5. The third kappa shape index (κ3) is 8.99. The molecular formula is C42H52N8O4S. The van der Waals surface area contributed by atoms with Crippen molar-refractivity contribution in [3.63, 3.8) is 0 Å². The first-order chi connectivity index (χ1) is 26.5. The van der Waals surface area contributed by atoms with Crippen molar-refractivity contribution in [1.82, 2.24) is 40.0 Å². The van der Waals surface area contributed by atoms with Crippen LogP contribution < -0.4 is 5.32 Å². The second kappa shape index (κ2) is 17.4. The number of aromatic amines is 2. The highest BCUT2D eigenvalue weighted by molar-refractivity contribution is 7.18. The van der Waals surface area contributed by atoms with Crippen LogP contribution in [0.2, 0.25) is 0 Å². The maximum Gasteiger partial charge on any atom is 0.407 e. The summed E-state index contributed by atoms with van der Waals surface area (Å²) >= 11 is 1.64. The van der Waals surface area contributed by atoms with Gasteiger partial charge in [-0.3, -0.25) is 9.59 Å². The Hall–Kier alpha value is -5.30. The quantitative estimate of drug-likeness (QED) is 0.103. The van der Waals surface area contributed by atoms with Crippen LogP contribution >= 0.6 is 11.3 Å². The van der Waals surface area contributed by atoms with E-state index in [4.69, 9.17) is 9.72 Å². The number of alkyl carbamates (subject to hydrolysis) is 1. The van der Waals surface area contributed by atoms with E-state index in [1.807, 2.05) is 49.2 Å². The monoisotopic (exact) mass is 764 g/mol. The van der Waals surface area contributed by atoms with Crippen LogP contribution in [0.25, 0.3) is 43.5 Å². The van der Waals surface area contributed by atoms with E-state index in [0.29, 0.717) is 19.6 Å². The van der Waals surface area contributed by atoms with Crippen molar-refractivity contribution >= 4 is 29.2 Å². The molecule has 1 fully saturated rings. The molecule has 3 atom stereocenters. The Balaban J connectivity index is 1.09. The first kappa shape index (κ1) is 39.4. The minimum Gasteiger partial charge on any atom is -0.453 e. The van der Waals surface area contributed by atoms with E-state index in [1.165, 1.54) is 7.11 Å². The molecule has 55 heavy (non-hydrogen) atoms. The zero-order valence-electron chi connectivity index (χ0n) is 32.8. The van der Waals surface area contributed by atoms with Crippen LogP contribution in [0.5, 0.6) is 0 Å². The van der Waals surface area contributed by atoms with Crippen molar-refractivity contribution < 1.29 is 19.1 Å². The summed E-state index contributed by atoms with van der Waals surface area (Å²) in [5, 5.41) is 3.63. The highest BCUT2D eigenvalue weighted by Gasteiger charge is 2.37. The Morgan fingerprint density at radius 3 is 2.15 bits per heavy atom. The lowest BCUT2D eigenvalue weighted by molar-refractivity contribution is -0.137. The summed E-state index contributed by atoms with van der Waals surface area (Å²) in [7, 11) is 1.30. The van der Waals surface area contributed by atoms with Crippen LogP contribution in [0.3, 0.4) is 0 Å². The molecule has 2 aromatic carbocycles. The van der Waals surface area contributed by atoms with Gasteiger partial charge in [0, 0.05) is 30.8 Å². The number of imidazole rings is 2. The molecule has 0 saturated carbocycles. The van der Waals surface area contributed by atoms with E-state index >= 15 is 0 Å². The van der Waals surface area contributed by atoms with Crippen molar-refractivity contribution in [2.24, 2.45) is 17.8 Å². The molecule has 6 rings (SSSR count). The lowest BCUT2D eigenvalue weighted by atomic mass is 9.96. The molecule has 1 saturated heterocycles. The molecule has 3 amide bonds. The number of methoxy groups -OCH3 is 1. The lowest BCUT2D eigenvalue weighted by Gasteiger charge is -2.30. The third-order valence-corrected chi connectivity index (χ3v) is 11.5. The molecule has 13 heteroatoms. The normalized spacial score (nSPS) is 15.4. The van der Waals surface area contributed by atoms with Gasteiger partial charge in [0.1, 0.15) is 22.7 Å². The number of likely N-dealkylation sites (tertiary alicyclic amines) is 1. The van der Waals surface area contributed by atoms with Crippen molar-refractivity contribution in [3.05, 3.63) is 78.8 Å². The Morgan fingerprint density at radius 2 is 1.51 bits per heavy atom. The molecule has 1 aliphatic rings. The number of hydrogen-bond donors (Lipinski definition) is 3. The zero-order chi connectivity index (χ0) is 39.2. The fourth-order valence-corrected chi connectivity index (χ4v) is 7.80. The second-order valence-corrected chi connectivity index (χ2v) is 16.0. The largest absolute Gasteiger partial charge is 0.453 e. The number of carbonyl (C=O) groups is 3. The molecule has 4 heterocycles. The van der Waals surface area contributed by atoms with Crippen LogP contribution in [0.15, 0.2) is 67.1 Å². The fourth-order valence-electron chi connectivity index (χ4n) is 6.87. The summed E-state index contributed by atoms with van der Waals surface area (Å²) in [5.41, 5.74) is 5.89. The third-order valence-electron chi connectivity index (χ3n) is 10.4. The minimum atomic E-state index is -0.678. The van der Waals surface area contributed by atoms with E-state index < -0.39 is 12.1 Å². The summed E-state index contributed by atoms with van der Waals surface area (Å²) in [6.45, 7) is 13.8. The van der Waals surface area contributed by atoms with Gasteiger partial charge in [-0.15, -0.1) is 11.3 Å². The molecule has 3 aromatic heterocycles. The van der Waals surface area contributed by atoms with Gasteiger partial charge in [-0.1, -0.05) is 90.1 Å². The van der Waals surface area contributed by atoms with Crippen molar-refractivity contribution in [2.45, 2.75) is 79.4 Å². The van der Waals surface area contributed by atoms with E-state index in [1.54, 1.807) is 11.3 Å². The Bertz CT molecular complexity index is 2070. The number of nitrogens with zero attached hydrogens (tertiary/aromatic N) is 5. The highest BCUT2D eigenvalue weighted by atomic mass is 32.1. The molecule has 0 bridgehead atoms. The molecule has 0 aliphatic carbocycles. The van der Waals surface area contributed by atoms with Crippen LogP contribution in [0.4, 0.5) is 4.79 Å². The van der Waals surface area contributed by atoms with E-state index in [0.717, 1.165) is 74.4 Å². The van der Waals surface area contributed by atoms with Crippen molar-refractivity contribution in [2.75, 3.05) is 20.2 Å². The molecule has 0 spiro atoms. The number of H-pyrrole nitrogens is 2. The number of carbonyl (C=O) groups excluding carboxylic acids is 3. The highest BCUT2D eigenvalue weighted by Crippen LogP contribution is 2.35. The number of hydrogen-bond acceptors (Lipinski definition) is 8. The predicted octanol–water partition coefficient (Wildman–Crippen LogP) is 8.33. The maximum absolute atomic E-state index is 13.5. The Labute approximate surface area is 327 Å². The molecular weight excluding hydrogens is 713 g/mol. The van der Waals surface area contributed by atoms with Crippen LogP contribution in [-0.4, -0.2) is 78.9 Å². The zero-order valence-corrected chi connectivity index (χ0v) is 33.6. The molecule has 12 nitrogen and oxygen atoms in total. The minimum absolute atomic E-state index is 0.0339. The van der Waals surface area contributed by atoms with Crippen LogP contribution in [0, 0.1) is 17.8 Å². The summed E-state index contributed by atoms with van der Waals surface area (Å²) < 4.78 is 4.76. The second-order valence-electron chi connectivity index (χ2n) is 14.9. The van der Waals surface area contributed by atoms with E-state index in [9.17, 15) is 14.4 Å². The summed E-state index contributed by atoms with van der Waals surface area (Å²) in [4.78, 5) is 64.2. The first-order valence-electron chi connectivity index (χ1n) is 19.2. The number of aromatic nitrogens is 5. The molecule has 5 aromatic rings. The van der Waals surface area contributed by atoms with Gasteiger partial charge < -0.3 is 29.8 Å². The summed E-state index contributed by atoms with van der Waals surface area (Å²) in [6.07, 6.45) is 7.48. The van der Waals surface area contributed by atoms with Gasteiger partial charge >= 0.3 is 6.09 Å². The molecule has 3 N–H and O–H groups in total. The Kier molecular flexibility index (Phi) is 12.5. The van der Waals surface area contributed by atoms with Gasteiger partial charge in [-0.2, -0.15) is 0 Å². The summed E-state index contributed by atoms with van der Waals surface area (Å²) in [6, 6.07) is 15.7. The average Bonchev–Trinajstić information content (AvgIpc) is 4.03. The van der Waals surface area contributed by atoms with Crippen LogP contribution in [-0.2, 0) is 20.9 Å². The number of nitrogens with one attached hydrogen (secondary N) is 3. The van der Waals surface area contributed by atoms with E-state index in [-0.39, 0.29) is 35.6 Å². The van der Waals surface area contributed by atoms with Gasteiger partial charge in [0.05, 0.1) is 48.4 Å². The van der Waals surface area contributed by atoms with Gasteiger partial charge in [0.25, 0.3) is 0 Å². The van der Waals surface area contributed by atoms with Crippen molar-refractivity contribution in [1.29, 1.82) is 0 Å². The SMILES string of the molecule is CCCN(Cc1ncc(-c2ccc(-c3ncc(-c4ccc(-c5cnc([C@@H]6CCCN6C(=O)[C@@H](NC(=O)OC)C(C)C)[nH]5)cc4)s3)cc2)[nH]1)C(=O)[C@@H](C)C(C)C. The van der Waals surface area contributed by atoms with Gasteiger partial charge in [0.2, 0.25) is 11.8 Å². The predicted molar refractivity (Wildman–Crippen MR) is 216 cm³/mol. The average molecular weight is 765 g/mol. The Morgan fingerprint density at radius 1 is 0.873 bits per heavy atom. The number of rotatable bonds is 14. The van der Waals surface area contributed by atoms with Gasteiger partial charge in [0.15, 0.2) is 0 Å². The summed E-state index contributed by atoms with van der Waals surface area (Å²) in [5.74, 6) is 1.70. The number of benzene rings is 2. The number of amides is 3. The van der Waals surface area contributed by atoms with Gasteiger partial charge in [-0.25, -0.2) is 19.7 Å². The molecule has 1 aliphatic heterocycles. The topological polar surface area (TPSA) is 149 Å². The van der Waals surface area contributed by atoms with Crippen LogP contribution in [0.1, 0.15) is 78.5 Å². The van der Waals surface area contributed by atoms with Gasteiger partial charge in [-0.05, 0) is 47.8 Å². The lowest BCUT2D eigenvalue weighted by Crippen LogP contribution is -2.51. The standard InChI is InChI=1S/C42H52N8O4S/c1-8-19-49(40(51)27(6)25(2)3)24-36-43-21-32(46-36)28-13-17-31(18-14-28)39-45-23-35(55-39)30-15-11-29(12-16-30)33-22-44-38(47-33)34-10-9-20-50(34)41(52)37(26(4)5)48-42(53)54-7/h11-18,21-23,25-27,34,37H,8-10,19-20,24H2,1-7H3,(H,43,46)(H,44,47)(H,48,53)/t27-,34-,37-/m0/s1.